The molecule has 0 bridgehead atoms. The SMILES string of the molecule is CCCNC(=O)Cn1c(CO)cnc1SCC(=O)Nc1ccc2c(c1)OCCO2. The molecule has 9 nitrogen and oxygen atoms in total. The van der Waals surface area contributed by atoms with Gasteiger partial charge in [0.05, 0.1) is 24.3 Å². The second-order valence-electron chi connectivity index (χ2n) is 6.32. The van der Waals surface area contributed by atoms with E-state index in [1.807, 2.05) is 6.92 Å². The topological polar surface area (TPSA) is 115 Å². The molecule has 0 fully saturated rings. The normalized spacial score (nSPS) is 12.5. The van der Waals surface area contributed by atoms with Crippen LogP contribution in [-0.2, 0) is 22.7 Å². The molecule has 0 saturated carbocycles. The maximum absolute atomic E-state index is 12.3. The van der Waals surface area contributed by atoms with E-state index >= 15 is 0 Å². The van der Waals surface area contributed by atoms with Crippen LogP contribution in [0.4, 0.5) is 5.69 Å². The van der Waals surface area contributed by atoms with Crippen molar-refractivity contribution in [3.05, 3.63) is 30.1 Å². The summed E-state index contributed by atoms with van der Waals surface area (Å²) in [5.41, 5.74) is 1.13. The zero-order valence-electron chi connectivity index (χ0n) is 16.1. The van der Waals surface area contributed by atoms with Gasteiger partial charge in [0.2, 0.25) is 11.8 Å². The van der Waals surface area contributed by atoms with E-state index in [1.54, 1.807) is 22.8 Å². The van der Waals surface area contributed by atoms with Gasteiger partial charge in [-0.25, -0.2) is 4.98 Å². The van der Waals surface area contributed by atoms with Gasteiger partial charge in [-0.05, 0) is 18.6 Å². The predicted molar refractivity (Wildman–Crippen MR) is 108 cm³/mol. The Labute approximate surface area is 172 Å². The first-order valence-corrected chi connectivity index (χ1v) is 10.3. The molecule has 0 unspecified atom stereocenters. The number of hydrogen-bond acceptors (Lipinski definition) is 7. The highest BCUT2D eigenvalue weighted by Gasteiger charge is 2.16. The van der Waals surface area contributed by atoms with Crippen LogP contribution in [-0.4, -0.2) is 52.0 Å². The Balaban J connectivity index is 1.58. The number of aliphatic hydroxyl groups is 1. The van der Waals surface area contributed by atoms with Crippen LogP contribution in [0.15, 0.2) is 29.6 Å². The third-order valence-electron chi connectivity index (χ3n) is 4.10. The quantitative estimate of drug-likeness (QED) is 0.525. The van der Waals surface area contributed by atoms with Crippen molar-refractivity contribution < 1.29 is 24.2 Å². The van der Waals surface area contributed by atoms with Crippen molar-refractivity contribution in [3.63, 3.8) is 0 Å². The molecule has 2 aromatic rings. The van der Waals surface area contributed by atoms with Gasteiger partial charge in [0.25, 0.3) is 0 Å². The van der Waals surface area contributed by atoms with E-state index in [1.165, 1.54) is 18.0 Å². The highest BCUT2D eigenvalue weighted by Crippen LogP contribution is 2.32. The van der Waals surface area contributed by atoms with E-state index in [9.17, 15) is 14.7 Å². The zero-order chi connectivity index (χ0) is 20.6. The number of ether oxygens (including phenoxy) is 2. The predicted octanol–water partition coefficient (Wildman–Crippen LogP) is 1.40. The van der Waals surface area contributed by atoms with Crippen LogP contribution in [0.25, 0.3) is 0 Å². The summed E-state index contributed by atoms with van der Waals surface area (Å²) in [6, 6.07) is 5.23. The summed E-state index contributed by atoms with van der Waals surface area (Å²) in [7, 11) is 0. The van der Waals surface area contributed by atoms with E-state index in [2.05, 4.69) is 15.6 Å². The smallest absolute Gasteiger partial charge is 0.240 e. The van der Waals surface area contributed by atoms with Crippen molar-refractivity contribution in [3.8, 4) is 11.5 Å². The van der Waals surface area contributed by atoms with Gasteiger partial charge < -0.3 is 29.8 Å². The van der Waals surface area contributed by atoms with Gasteiger partial charge in [-0.3, -0.25) is 9.59 Å². The third kappa shape index (κ3) is 5.64. The monoisotopic (exact) mass is 420 g/mol. The second kappa shape index (κ2) is 10.2. The highest BCUT2D eigenvalue weighted by molar-refractivity contribution is 7.99. The van der Waals surface area contributed by atoms with Crippen LogP contribution in [0.2, 0.25) is 0 Å². The first-order valence-electron chi connectivity index (χ1n) is 9.35. The number of hydrogen-bond donors (Lipinski definition) is 3. The van der Waals surface area contributed by atoms with E-state index < -0.39 is 0 Å². The Hall–Kier alpha value is -2.72. The zero-order valence-corrected chi connectivity index (χ0v) is 17.0. The number of carbonyl (C=O) groups excluding carboxylic acids is 2. The largest absolute Gasteiger partial charge is 0.486 e. The Morgan fingerprint density at radius 3 is 2.79 bits per heavy atom. The van der Waals surface area contributed by atoms with Crippen molar-refractivity contribution in [2.45, 2.75) is 31.7 Å². The number of benzene rings is 1. The summed E-state index contributed by atoms with van der Waals surface area (Å²) in [4.78, 5) is 28.6. The standard InChI is InChI=1S/C19H24N4O5S/c1-2-5-20-17(25)10-23-14(11-24)9-21-19(23)29-12-18(26)22-13-3-4-15-16(8-13)28-7-6-27-15/h3-4,8-9,24H,2,5-7,10-12H2,1H3,(H,20,25)(H,22,26). The number of carbonyl (C=O) groups is 2. The van der Waals surface area contributed by atoms with Crippen molar-refractivity contribution in [1.82, 2.24) is 14.9 Å². The van der Waals surface area contributed by atoms with E-state index in [-0.39, 0.29) is 30.7 Å². The first-order chi connectivity index (χ1) is 14.1. The fourth-order valence-electron chi connectivity index (χ4n) is 2.71. The minimum Gasteiger partial charge on any atom is -0.486 e. The summed E-state index contributed by atoms with van der Waals surface area (Å²) < 4.78 is 12.6. The molecule has 0 saturated heterocycles. The number of fused-ring (bicyclic) bond motifs is 1. The van der Waals surface area contributed by atoms with Crippen molar-refractivity contribution >= 4 is 29.3 Å². The summed E-state index contributed by atoms with van der Waals surface area (Å²) in [6.07, 6.45) is 2.35. The van der Waals surface area contributed by atoms with Crippen LogP contribution >= 0.6 is 11.8 Å². The summed E-state index contributed by atoms with van der Waals surface area (Å²) in [6.45, 7) is 3.34. The Morgan fingerprint density at radius 2 is 2.03 bits per heavy atom. The molecule has 2 amide bonds. The maximum atomic E-state index is 12.3. The molecule has 0 spiro atoms. The van der Waals surface area contributed by atoms with Gasteiger partial charge in [-0.15, -0.1) is 0 Å². The number of nitrogens with one attached hydrogen (secondary N) is 2. The number of thioether (sulfide) groups is 1. The lowest BCUT2D eigenvalue weighted by Crippen LogP contribution is -2.29. The summed E-state index contributed by atoms with van der Waals surface area (Å²) >= 11 is 1.20. The fraction of sp³-hybridized carbons (Fsp3) is 0.421. The van der Waals surface area contributed by atoms with Gasteiger partial charge >= 0.3 is 0 Å². The first kappa shape index (κ1) is 21.0. The fourth-order valence-corrected chi connectivity index (χ4v) is 3.51. The van der Waals surface area contributed by atoms with E-state index in [0.29, 0.717) is 47.8 Å². The molecule has 1 aliphatic heterocycles. The maximum Gasteiger partial charge on any atom is 0.240 e. The molecular weight excluding hydrogens is 396 g/mol. The summed E-state index contributed by atoms with van der Waals surface area (Å²) in [5, 5.41) is 15.6. The number of aromatic nitrogens is 2. The average Bonchev–Trinajstić information content (AvgIpc) is 3.12. The van der Waals surface area contributed by atoms with E-state index in [0.717, 1.165) is 6.42 Å². The highest BCUT2D eigenvalue weighted by atomic mass is 32.2. The number of nitrogens with zero attached hydrogens (tertiary/aromatic N) is 2. The molecule has 3 rings (SSSR count). The molecule has 0 atom stereocenters. The van der Waals surface area contributed by atoms with Crippen LogP contribution in [0.5, 0.6) is 11.5 Å². The molecule has 29 heavy (non-hydrogen) atoms. The van der Waals surface area contributed by atoms with Gasteiger partial charge in [0.1, 0.15) is 19.8 Å². The molecule has 156 valence electrons. The number of anilines is 1. The molecule has 1 aromatic heterocycles. The minimum absolute atomic E-state index is 0.0437. The molecular formula is C19H24N4O5S. The molecule has 0 radical (unpaired) electrons. The average molecular weight is 420 g/mol. The lowest BCUT2D eigenvalue weighted by atomic mass is 10.2. The molecule has 2 heterocycles. The Morgan fingerprint density at radius 1 is 1.24 bits per heavy atom. The van der Waals surface area contributed by atoms with Gasteiger partial charge in [-0.1, -0.05) is 18.7 Å². The van der Waals surface area contributed by atoms with Crippen molar-refractivity contribution in [2.75, 3.05) is 30.8 Å². The van der Waals surface area contributed by atoms with Gasteiger partial charge in [0, 0.05) is 18.3 Å². The van der Waals surface area contributed by atoms with Gasteiger partial charge in [0.15, 0.2) is 16.7 Å². The van der Waals surface area contributed by atoms with Crippen LogP contribution in [0.3, 0.4) is 0 Å². The second-order valence-corrected chi connectivity index (χ2v) is 7.26. The lowest BCUT2D eigenvalue weighted by Gasteiger charge is -2.19. The van der Waals surface area contributed by atoms with Crippen molar-refractivity contribution in [1.29, 1.82) is 0 Å². The number of aliphatic hydroxyl groups excluding tert-OH is 1. The Bertz CT molecular complexity index is 870. The third-order valence-corrected chi connectivity index (χ3v) is 5.09. The molecule has 3 N–H and O–H groups in total. The number of rotatable bonds is 9. The molecule has 0 aliphatic carbocycles. The van der Waals surface area contributed by atoms with E-state index in [4.69, 9.17) is 9.47 Å². The molecule has 10 heteroatoms. The van der Waals surface area contributed by atoms with Gasteiger partial charge in [-0.2, -0.15) is 0 Å². The lowest BCUT2D eigenvalue weighted by molar-refractivity contribution is -0.121. The molecule has 1 aromatic carbocycles. The minimum atomic E-state index is -0.238. The van der Waals surface area contributed by atoms with Crippen LogP contribution in [0.1, 0.15) is 19.0 Å². The van der Waals surface area contributed by atoms with Crippen LogP contribution < -0.4 is 20.1 Å². The van der Waals surface area contributed by atoms with Crippen LogP contribution in [0, 0.1) is 0 Å². The molecule has 1 aliphatic rings. The Kier molecular flexibility index (Phi) is 7.36. The summed E-state index contributed by atoms with van der Waals surface area (Å²) in [5.74, 6) is 0.975. The number of amides is 2. The van der Waals surface area contributed by atoms with Crippen molar-refractivity contribution in [2.24, 2.45) is 0 Å². The number of imidazole rings is 1.